The van der Waals surface area contributed by atoms with Crippen molar-refractivity contribution in [2.45, 2.75) is 33.1 Å². The standard InChI is InChI=1S/C29H32Br4O6/c1-7-25(34)36-13-17(3)15-38-27-21(30)9-19(10-22(27)31)29(5,6)20-11-23(32)28(24(33)12-20)39-16-18(4)14-37-26(35)8-2/h7-12,17-18H,1-2,13-16H2,3-6H3. The molecular formula is C29H32Br4O6. The maximum atomic E-state index is 11.3. The van der Waals surface area contributed by atoms with Crippen LogP contribution in [0.15, 0.2) is 67.5 Å². The fourth-order valence-electron chi connectivity index (χ4n) is 3.40. The molecule has 0 spiro atoms. The number of hydrogen-bond acceptors (Lipinski definition) is 6. The molecule has 2 unspecified atom stereocenters. The Morgan fingerprint density at radius 1 is 0.718 bits per heavy atom. The molecule has 2 aromatic carbocycles. The van der Waals surface area contributed by atoms with E-state index < -0.39 is 11.9 Å². The third-order valence-electron chi connectivity index (χ3n) is 5.82. The van der Waals surface area contributed by atoms with E-state index in [0.717, 1.165) is 41.2 Å². The van der Waals surface area contributed by atoms with E-state index in [4.69, 9.17) is 18.9 Å². The first kappa shape index (κ1) is 33.6. The van der Waals surface area contributed by atoms with Crippen molar-refractivity contribution < 1.29 is 28.5 Å². The minimum atomic E-state index is -0.449. The van der Waals surface area contributed by atoms with E-state index >= 15 is 0 Å². The van der Waals surface area contributed by atoms with Gasteiger partial charge in [0, 0.05) is 29.4 Å². The second kappa shape index (κ2) is 15.4. The van der Waals surface area contributed by atoms with Crippen LogP contribution in [0.4, 0.5) is 0 Å². The van der Waals surface area contributed by atoms with Gasteiger partial charge in [-0.25, -0.2) is 9.59 Å². The Kier molecular flexibility index (Phi) is 13.3. The molecule has 0 aliphatic carbocycles. The third kappa shape index (κ3) is 9.76. The second-order valence-corrected chi connectivity index (χ2v) is 13.1. The molecule has 2 atom stereocenters. The van der Waals surface area contributed by atoms with Crippen molar-refractivity contribution in [3.63, 3.8) is 0 Å². The number of ether oxygens (including phenoxy) is 4. The van der Waals surface area contributed by atoms with Gasteiger partial charge in [0.15, 0.2) is 0 Å². The molecule has 212 valence electrons. The first-order valence-corrected chi connectivity index (χ1v) is 15.3. The van der Waals surface area contributed by atoms with Crippen LogP contribution in [0, 0.1) is 11.8 Å². The zero-order chi connectivity index (χ0) is 29.3. The Morgan fingerprint density at radius 3 is 1.31 bits per heavy atom. The van der Waals surface area contributed by atoms with Gasteiger partial charge in [-0.2, -0.15) is 0 Å². The maximum Gasteiger partial charge on any atom is 0.330 e. The van der Waals surface area contributed by atoms with Crippen LogP contribution in [-0.2, 0) is 24.5 Å². The Morgan fingerprint density at radius 2 is 1.03 bits per heavy atom. The number of rotatable bonds is 14. The van der Waals surface area contributed by atoms with Crippen molar-refractivity contribution in [2.75, 3.05) is 26.4 Å². The summed E-state index contributed by atoms with van der Waals surface area (Å²) in [6.07, 6.45) is 2.29. The molecule has 10 heteroatoms. The number of benzene rings is 2. The van der Waals surface area contributed by atoms with Crippen LogP contribution < -0.4 is 9.47 Å². The molecule has 0 saturated heterocycles. The number of esters is 2. The van der Waals surface area contributed by atoms with E-state index in [1.54, 1.807) is 0 Å². The minimum Gasteiger partial charge on any atom is -0.491 e. The lowest BCUT2D eigenvalue weighted by Gasteiger charge is -2.28. The van der Waals surface area contributed by atoms with Crippen molar-refractivity contribution in [3.8, 4) is 11.5 Å². The van der Waals surface area contributed by atoms with E-state index in [9.17, 15) is 9.59 Å². The molecule has 0 aromatic heterocycles. The highest BCUT2D eigenvalue weighted by Crippen LogP contribution is 2.44. The summed E-state index contributed by atoms with van der Waals surface area (Å²) in [5, 5.41) is 0. The van der Waals surface area contributed by atoms with Crippen molar-refractivity contribution in [1.29, 1.82) is 0 Å². The van der Waals surface area contributed by atoms with Gasteiger partial charge < -0.3 is 18.9 Å². The van der Waals surface area contributed by atoms with Crippen molar-refractivity contribution in [2.24, 2.45) is 11.8 Å². The van der Waals surface area contributed by atoms with Crippen LogP contribution in [0.3, 0.4) is 0 Å². The Hall–Kier alpha value is -1.62. The normalized spacial score (nSPS) is 12.7. The highest BCUT2D eigenvalue weighted by molar-refractivity contribution is 9.11. The van der Waals surface area contributed by atoms with Gasteiger partial charge in [-0.1, -0.05) is 40.9 Å². The fraction of sp³-hybridized carbons (Fsp3) is 0.379. The quantitative estimate of drug-likeness (QED) is 0.141. The summed E-state index contributed by atoms with van der Waals surface area (Å²) in [6, 6.07) is 8.17. The zero-order valence-corrected chi connectivity index (χ0v) is 28.7. The minimum absolute atomic E-state index is 0.00408. The second-order valence-electron chi connectivity index (χ2n) is 9.66. The third-order valence-corrected chi connectivity index (χ3v) is 8.17. The number of carbonyl (C=O) groups is 2. The van der Waals surface area contributed by atoms with Gasteiger partial charge in [-0.15, -0.1) is 0 Å². The highest BCUT2D eigenvalue weighted by atomic mass is 79.9. The summed E-state index contributed by atoms with van der Waals surface area (Å²) >= 11 is 14.6. The maximum absolute atomic E-state index is 11.3. The van der Waals surface area contributed by atoms with Crippen molar-refractivity contribution in [1.82, 2.24) is 0 Å². The molecule has 0 heterocycles. The lowest BCUT2D eigenvalue weighted by molar-refractivity contribution is -0.140. The Bertz CT molecular complexity index is 1070. The largest absolute Gasteiger partial charge is 0.491 e. The fourth-order valence-corrected chi connectivity index (χ4v) is 6.23. The summed E-state index contributed by atoms with van der Waals surface area (Å²) in [4.78, 5) is 22.6. The molecule has 0 bridgehead atoms. The monoisotopic (exact) mass is 792 g/mol. The van der Waals surface area contributed by atoms with Gasteiger partial charge in [0.25, 0.3) is 0 Å². The van der Waals surface area contributed by atoms with Gasteiger partial charge in [-0.05, 0) is 99.1 Å². The molecule has 0 fully saturated rings. The van der Waals surface area contributed by atoms with Crippen molar-refractivity contribution >= 4 is 75.7 Å². The van der Waals surface area contributed by atoms with Crippen LogP contribution in [0.5, 0.6) is 11.5 Å². The van der Waals surface area contributed by atoms with Gasteiger partial charge in [0.05, 0.1) is 44.3 Å². The predicted molar refractivity (Wildman–Crippen MR) is 167 cm³/mol. The van der Waals surface area contributed by atoms with E-state index in [-0.39, 0.29) is 30.5 Å². The predicted octanol–water partition coefficient (Wildman–Crippen LogP) is 8.55. The van der Waals surface area contributed by atoms with Crippen molar-refractivity contribution in [3.05, 3.63) is 78.6 Å². The molecule has 0 amide bonds. The summed E-state index contributed by atoms with van der Waals surface area (Å²) in [6.45, 7) is 16.2. The molecule has 0 radical (unpaired) electrons. The zero-order valence-electron chi connectivity index (χ0n) is 22.3. The molecule has 2 aromatic rings. The van der Waals surface area contributed by atoms with E-state index in [1.165, 1.54) is 0 Å². The molecule has 39 heavy (non-hydrogen) atoms. The number of halogens is 4. The SMILES string of the molecule is C=CC(=O)OCC(C)COc1c(Br)cc(C(C)(C)c2cc(Br)c(OCC(C)COC(=O)C=C)c(Br)c2)cc1Br. The molecule has 0 N–H and O–H groups in total. The summed E-state index contributed by atoms with van der Waals surface area (Å²) in [5.74, 6) is 0.462. The lowest BCUT2D eigenvalue weighted by Crippen LogP contribution is -2.20. The average Bonchev–Trinajstić information content (AvgIpc) is 2.88. The summed E-state index contributed by atoms with van der Waals surface area (Å²) < 4.78 is 25.5. The van der Waals surface area contributed by atoms with Crippen LogP contribution in [0.2, 0.25) is 0 Å². The first-order chi connectivity index (χ1) is 18.3. The van der Waals surface area contributed by atoms with Crippen LogP contribution in [-0.4, -0.2) is 38.4 Å². The first-order valence-electron chi connectivity index (χ1n) is 12.1. The van der Waals surface area contributed by atoms with Gasteiger partial charge in [-0.3, -0.25) is 0 Å². The van der Waals surface area contributed by atoms with E-state index in [0.29, 0.717) is 24.7 Å². The Labute approximate surface area is 264 Å². The van der Waals surface area contributed by atoms with E-state index in [2.05, 4.69) is 90.7 Å². The molecule has 0 aliphatic heterocycles. The molecular weight excluding hydrogens is 764 g/mol. The van der Waals surface area contributed by atoms with E-state index in [1.807, 2.05) is 38.1 Å². The van der Waals surface area contributed by atoms with Crippen LogP contribution in [0.1, 0.15) is 38.8 Å². The van der Waals surface area contributed by atoms with Gasteiger partial charge in [0.1, 0.15) is 11.5 Å². The lowest BCUT2D eigenvalue weighted by atomic mass is 9.78. The smallest absolute Gasteiger partial charge is 0.330 e. The topological polar surface area (TPSA) is 71.1 Å². The van der Waals surface area contributed by atoms with Gasteiger partial charge in [0.2, 0.25) is 0 Å². The van der Waals surface area contributed by atoms with Crippen LogP contribution in [0.25, 0.3) is 0 Å². The number of hydrogen-bond donors (Lipinski definition) is 0. The Balaban J connectivity index is 2.16. The highest BCUT2D eigenvalue weighted by Gasteiger charge is 2.27. The molecule has 0 aliphatic rings. The van der Waals surface area contributed by atoms with Crippen LogP contribution >= 0.6 is 63.7 Å². The molecule has 2 rings (SSSR count). The molecule has 6 nitrogen and oxygen atoms in total. The van der Waals surface area contributed by atoms with Gasteiger partial charge >= 0.3 is 11.9 Å². The average molecular weight is 796 g/mol. The number of carbonyl (C=O) groups excluding carboxylic acids is 2. The summed E-state index contributed by atoms with van der Waals surface area (Å²) in [7, 11) is 0. The summed E-state index contributed by atoms with van der Waals surface area (Å²) in [5.41, 5.74) is 1.75. The molecule has 0 saturated carbocycles.